The van der Waals surface area contributed by atoms with E-state index in [9.17, 15) is 14.7 Å². The molecular weight excluding hydrogens is 390 g/mol. The van der Waals surface area contributed by atoms with Gasteiger partial charge in [-0.3, -0.25) is 4.79 Å². The van der Waals surface area contributed by atoms with Gasteiger partial charge in [-0.05, 0) is 51.8 Å². The lowest BCUT2D eigenvalue weighted by atomic mass is 9.97. The summed E-state index contributed by atoms with van der Waals surface area (Å²) in [6.45, 7) is 9.71. The molecule has 31 heavy (non-hydrogen) atoms. The number of benzene rings is 2. The van der Waals surface area contributed by atoms with Gasteiger partial charge in [0.25, 0.3) is 0 Å². The molecule has 1 atom stereocenters. The second kappa shape index (κ2) is 12.1. The van der Waals surface area contributed by atoms with Crippen LogP contribution in [0, 0.1) is 0 Å². The minimum Gasteiger partial charge on any atom is -0.507 e. The van der Waals surface area contributed by atoms with Crippen molar-refractivity contribution in [3.63, 3.8) is 0 Å². The van der Waals surface area contributed by atoms with Gasteiger partial charge < -0.3 is 14.7 Å². The summed E-state index contributed by atoms with van der Waals surface area (Å²) < 4.78 is 5.59. The summed E-state index contributed by atoms with van der Waals surface area (Å²) in [6, 6.07) is 11.6. The van der Waals surface area contributed by atoms with E-state index in [1.54, 1.807) is 36.4 Å². The van der Waals surface area contributed by atoms with E-state index in [-0.39, 0.29) is 28.5 Å². The highest BCUT2D eigenvalue weighted by Gasteiger charge is 2.23. The van der Waals surface area contributed by atoms with Crippen molar-refractivity contribution < 1.29 is 19.4 Å². The number of carbonyl (C=O) groups excluding carboxylic acids is 2. The quantitative estimate of drug-likeness (QED) is 0.257. The highest BCUT2D eigenvalue weighted by molar-refractivity contribution is 6.15. The summed E-state index contributed by atoms with van der Waals surface area (Å²) in [5, 5.41) is 10.5. The molecule has 0 aliphatic carbocycles. The molecule has 0 aliphatic heterocycles. The standard InChI is InChI=1S/C26H35NO4/c1-5-8-9-10-13-19(4)31-26(30)22-15-12-11-14-21(22)25(29)23-17-16-20(18-24(23)28)27(6-2)7-3/h11-12,14-19,28H,5-10,13H2,1-4H3. The van der Waals surface area contributed by atoms with Gasteiger partial charge in [-0.15, -0.1) is 0 Å². The number of rotatable bonds is 12. The van der Waals surface area contributed by atoms with E-state index in [1.165, 1.54) is 6.42 Å². The van der Waals surface area contributed by atoms with E-state index in [1.807, 2.05) is 26.8 Å². The highest BCUT2D eigenvalue weighted by Crippen LogP contribution is 2.28. The molecule has 2 aromatic rings. The van der Waals surface area contributed by atoms with Crippen LogP contribution in [0.5, 0.6) is 5.75 Å². The molecule has 2 aromatic carbocycles. The van der Waals surface area contributed by atoms with Crippen LogP contribution >= 0.6 is 0 Å². The summed E-state index contributed by atoms with van der Waals surface area (Å²) >= 11 is 0. The van der Waals surface area contributed by atoms with Crippen LogP contribution in [-0.4, -0.2) is 36.1 Å². The molecule has 5 heteroatoms. The number of anilines is 1. The summed E-state index contributed by atoms with van der Waals surface area (Å²) in [5.74, 6) is -1.00. The highest BCUT2D eigenvalue weighted by atomic mass is 16.5. The van der Waals surface area contributed by atoms with E-state index >= 15 is 0 Å². The average Bonchev–Trinajstić information content (AvgIpc) is 2.77. The largest absolute Gasteiger partial charge is 0.507 e. The number of phenols is 1. The van der Waals surface area contributed by atoms with Crippen LogP contribution in [0.2, 0.25) is 0 Å². The zero-order chi connectivity index (χ0) is 22.8. The first-order valence-electron chi connectivity index (χ1n) is 11.4. The molecule has 0 spiro atoms. The first-order chi connectivity index (χ1) is 14.9. The Morgan fingerprint density at radius 1 is 0.935 bits per heavy atom. The van der Waals surface area contributed by atoms with Gasteiger partial charge in [-0.25, -0.2) is 4.79 Å². The first kappa shape index (κ1) is 24.4. The normalized spacial score (nSPS) is 11.7. The SMILES string of the molecule is CCCCCCC(C)OC(=O)c1ccccc1C(=O)c1ccc(N(CC)CC)cc1O. The van der Waals surface area contributed by atoms with Crippen LogP contribution in [0.15, 0.2) is 42.5 Å². The Kier molecular flexibility index (Phi) is 9.57. The number of hydrogen-bond donors (Lipinski definition) is 1. The molecule has 0 saturated heterocycles. The first-order valence-corrected chi connectivity index (χ1v) is 11.4. The molecule has 0 fully saturated rings. The molecule has 0 aromatic heterocycles. The van der Waals surface area contributed by atoms with Crippen LogP contribution in [0.1, 0.15) is 86.1 Å². The topological polar surface area (TPSA) is 66.8 Å². The van der Waals surface area contributed by atoms with Crippen molar-refractivity contribution in [1.82, 2.24) is 0 Å². The van der Waals surface area contributed by atoms with E-state index in [4.69, 9.17) is 4.74 Å². The number of ketones is 1. The molecule has 0 heterocycles. The Bertz CT molecular complexity index is 873. The minimum absolute atomic E-state index is 0.0955. The second-order valence-electron chi connectivity index (χ2n) is 7.81. The van der Waals surface area contributed by atoms with E-state index in [0.29, 0.717) is 0 Å². The van der Waals surface area contributed by atoms with Crippen molar-refractivity contribution in [2.45, 2.75) is 65.9 Å². The zero-order valence-electron chi connectivity index (χ0n) is 19.2. The monoisotopic (exact) mass is 425 g/mol. The predicted octanol–water partition coefficient (Wildman–Crippen LogP) is 5.99. The fourth-order valence-corrected chi connectivity index (χ4v) is 3.67. The van der Waals surface area contributed by atoms with Crippen LogP contribution in [0.3, 0.4) is 0 Å². The molecule has 0 saturated carbocycles. The second-order valence-corrected chi connectivity index (χ2v) is 7.81. The number of carbonyl (C=O) groups is 2. The van der Waals surface area contributed by atoms with Crippen LogP contribution in [0.25, 0.3) is 0 Å². The number of unbranched alkanes of at least 4 members (excludes halogenated alkanes) is 3. The van der Waals surface area contributed by atoms with Crippen molar-refractivity contribution in [2.24, 2.45) is 0 Å². The van der Waals surface area contributed by atoms with Gasteiger partial charge in [0.05, 0.1) is 17.2 Å². The number of nitrogens with zero attached hydrogens (tertiary/aromatic N) is 1. The predicted molar refractivity (Wildman–Crippen MR) is 125 cm³/mol. The maximum Gasteiger partial charge on any atom is 0.339 e. The maximum absolute atomic E-state index is 13.2. The zero-order valence-corrected chi connectivity index (χ0v) is 19.2. The third-order valence-electron chi connectivity index (χ3n) is 5.52. The Morgan fingerprint density at radius 3 is 2.23 bits per heavy atom. The van der Waals surface area contributed by atoms with Crippen molar-refractivity contribution in [2.75, 3.05) is 18.0 Å². The van der Waals surface area contributed by atoms with E-state index in [0.717, 1.165) is 44.5 Å². The number of ether oxygens (including phenoxy) is 1. The fourth-order valence-electron chi connectivity index (χ4n) is 3.67. The van der Waals surface area contributed by atoms with Crippen molar-refractivity contribution in [1.29, 1.82) is 0 Å². The van der Waals surface area contributed by atoms with Gasteiger partial charge in [-0.1, -0.05) is 44.4 Å². The fraction of sp³-hybridized carbons (Fsp3) is 0.462. The van der Waals surface area contributed by atoms with Crippen LogP contribution in [-0.2, 0) is 4.74 Å². The molecule has 1 N–H and O–H groups in total. The van der Waals surface area contributed by atoms with Gasteiger partial charge in [0.1, 0.15) is 5.75 Å². The van der Waals surface area contributed by atoms with E-state index in [2.05, 4.69) is 11.8 Å². The molecular formula is C26H35NO4. The molecule has 0 amide bonds. The maximum atomic E-state index is 13.2. The lowest BCUT2D eigenvalue weighted by molar-refractivity contribution is 0.0317. The van der Waals surface area contributed by atoms with Crippen molar-refractivity contribution in [3.8, 4) is 5.75 Å². The molecule has 5 nitrogen and oxygen atoms in total. The van der Waals surface area contributed by atoms with Gasteiger partial charge in [0.2, 0.25) is 0 Å². The molecule has 168 valence electrons. The van der Waals surface area contributed by atoms with Gasteiger partial charge >= 0.3 is 5.97 Å². The average molecular weight is 426 g/mol. The molecule has 0 aliphatic rings. The molecule has 0 bridgehead atoms. The number of esters is 1. The number of hydrogen-bond acceptors (Lipinski definition) is 5. The van der Waals surface area contributed by atoms with Gasteiger partial charge in [0, 0.05) is 30.4 Å². The number of aromatic hydroxyl groups is 1. The lowest BCUT2D eigenvalue weighted by Crippen LogP contribution is -2.22. The summed E-state index contributed by atoms with van der Waals surface area (Å²) in [7, 11) is 0. The molecule has 0 radical (unpaired) electrons. The lowest BCUT2D eigenvalue weighted by Gasteiger charge is -2.21. The molecule has 1 unspecified atom stereocenters. The van der Waals surface area contributed by atoms with Crippen molar-refractivity contribution in [3.05, 3.63) is 59.2 Å². The van der Waals surface area contributed by atoms with E-state index < -0.39 is 11.8 Å². The van der Waals surface area contributed by atoms with Crippen LogP contribution in [0.4, 0.5) is 5.69 Å². The Morgan fingerprint density at radius 2 is 1.61 bits per heavy atom. The third kappa shape index (κ3) is 6.58. The summed E-state index contributed by atoms with van der Waals surface area (Å²) in [6.07, 6.45) is 5.05. The minimum atomic E-state index is -0.508. The van der Waals surface area contributed by atoms with Crippen LogP contribution < -0.4 is 4.90 Å². The number of phenolic OH excluding ortho intramolecular Hbond substituents is 1. The summed E-state index contributed by atoms with van der Waals surface area (Å²) in [4.78, 5) is 28.0. The molecule has 2 rings (SSSR count). The summed E-state index contributed by atoms with van der Waals surface area (Å²) in [5.41, 5.74) is 1.48. The Balaban J connectivity index is 2.19. The van der Waals surface area contributed by atoms with Gasteiger partial charge in [0.15, 0.2) is 5.78 Å². The third-order valence-corrected chi connectivity index (χ3v) is 5.52. The van der Waals surface area contributed by atoms with Crippen molar-refractivity contribution >= 4 is 17.4 Å². The van der Waals surface area contributed by atoms with Gasteiger partial charge in [-0.2, -0.15) is 0 Å². The Hall–Kier alpha value is -2.82. The Labute approximate surface area is 186 Å². The smallest absolute Gasteiger partial charge is 0.339 e.